The van der Waals surface area contributed by atoms with Crippen molar-refractivity contribution in [3.63, 3.8) is 0 Å². The minimum Gasteiger partial charge on any atom is -0.360 e. The van der Waals surface area contributed by atoms with E-state index in [2.05, 4.69) is 41.4 Å². The molecule has 0 spiro atoms. The van der Waals surface area contributed by atoms with E-state index in [1.165, 1.54) is 4.90 Å². The molecule has 0 saturated heterocycles. The van der Waals surface area contributed by atoms with Gasteiger partial charge in [-0.2, -0.15) is 0 Å². The van der Waals surface area contributed by atoms with Crippen molar-refractivity contribution in [2.45, 2.75) is 30.9 Å². The van der Waals surface area contributed by atoms with Gasteiger partial charge in [0.05, 0.1) is 12.2 Å². The zero-order valence-corrected chi connectivity index (χ0v) is 14.6. The van der Waals surface area contributed by atoms with Gasteiger partial charge in [-0.1, -0.05) is 25.1 Å². The zero-order chi connectivity index (χ0) is 16.4. The number of hydrogen-bond donors (Lipinski definition) is 1. The van der Waals surface area contributed by atoms with Crippen LogP contribution < -0.4 is 10.2 Å². The Labute approximate surface area is 142 Å². The maximum atomic E-state index is 12.5. The molecule has 1 atom stereocenters. The highest BCUT2D eigenvalue weighted by Gasteiger charge is 2.23. The van der Waals surface area contributed by atoms with Crippen molar-refractivity contribution in [3.8, 4) is 0 Å². The number of nitrogens with zero attached hydrogens (tertiary/aromatic N) is 1. The molecular weight excluding hydrogens is 304 g/mol. The number of anilines is 2. The number of hydrogen-bond acceptors (Lipinski definition) is 3. The van der Waals surface area contributed by atoms with E-state index >= 15 is 0 Å². The monoisotopic (exact) mass is 326 g/mol. The average Bonchev–Trinajstić information content (AvgIpc) is 2.45. The predicted molar refractivity (Wildman–Crippen MR) is 98.5 cm³/mol. The van der Waals surface area contributed by atoms with Crippen molar-refractivity contribution < 1.29 is 4.79 Å². The molecule has 120 valence electrons. The number of aryl methyl sites for hydroxylation is 2. The van der Waals surface area contributed by atoms with Crippen molar-refractivity contribution in [2.75, 3.05) is 23.3 Å². The minimum absolute atomic E-state index is 0.0314. The smallest absolute Gasteiger partial charge is 0.243 e. The van der Waals surface area contributed by atoms with Gasteiger partial charge in [-0.05, 0) is 49.2 Å². The molecule has 0 saturated carbocycles. The van der Waals surface area contributed by atoms with Gasteiger partial charge in [0.15, 0.2) is 0 Å². The second kappa shape index (κ2) is 6.67. The molecule has 0 bridgehead atoms. The lowest BCUT2D eigenvalue weighted by Gasteiger charge is -2.33. The van der Waals surface area contributed by atoms with E-state index < -0.39 is 0 Å². The molecule has 2 aromatic carbocycles. The second-order valence-corrected chi connectivity index (χ2v) is 7.68. The Morgan fingerprint density at radius 2 is 1.91 bits per heavy atom. The average molecular weight is 326 g/mol. The molecule has 2 aromatic rings. The number of para-hydroxylation sites is 1. The van der Waals surface area contributed by atoms with Crippen molar-refractivity contribution in [1.29, 1.82) is 0 Å². The molecule has 0 aromatic heterocycles. The highest BCUT2D eigenvalue weighted by Crippen LogP contribution is 2.37. The van der Waals surface area contributed by atoms with Gasteiger partial charge < -0.3 is 10.2 Å². The van der Waals surface area contributed by atoms with Crippen LogP contribution in [0.1, 0.15) is 18.1 Å². The first-order valence-electron chi connectivity index (χ1n) is 7.90. The maximum Gasteiger partial charge on any atom is 0.243 e. The maximum absolute atomic E-state index is 12.5. The van der Waals surface area contributed by atoms with E-state index in [-0.39, 0.29) is 5.91 Å². The summed E-state index contributed by atoms with van der Waals surface area (Å²) in [5.41, 5.74) is 4.36. The van der Waals surface area contributed by atoms with Crippen LogP contribution in [0.15, 0.2) is 47.4 Å². The predicted octanol–water partition coefficient (Wildman–Crippen LogP) is 4.24. The number of thioether (sulfide) groups is 1. The number of rotatable bonds is 3. The largest absolute Gasteiger partial charge is 0.360 e. The summed E-state index contributed by atoms with van der Waals surface area (Å²) in [4.78, 5) is 15.9. The van der Waals surface area contributed by atoms with E-state index in [4.69, 9.17) is 0 Å². The summed E-state index contributed by atoms with van der Waals surface area (Å²) in [6.07, 6.45) is 0. The van der Waals surface area contributed by atoms with Crippen LogP contribution in [-0.2, 0) is 4.79 Å². The van der Waals surface area contributed by atoms with Crippen molar-refractivity contribution in [3.05, 3.63) is 53.6 Å². The number of carbonyl (C=O) groups excluding carboxylic acids is 1. The molecule has 1 N–H and O–H groups in total. The first-order chi connectivity index (χ1) is 11.0. The van der Waals surface area contributed by atoms with E-state index in [1.54, 1.807) is 0 Å². The topological polar surface area (TPSA) is 32.3 Å². The van der Waals surface area contributed by atoms with Crippen LogP contribution in [0.25, 0.3) is 0 Å². The first kappa shape index (κ1) is 15.9. The summed E-state index contributed by atoms with van der Waals surface area (Å²) < 4.78 is 0. The van der Waals surface area contributed by atoms with Crippen molar-refractivity contribution in [1.82, 2.24) is 0 Å². The van der Waals surface area contributed by atoms with Crippen molar-refractivity contribution in [2.24, 2.45) is 0 Å². The van der Waals surface area contributed by atoms with Crippen LogP contribution in [0.5, 0.6) is 0 Å². The molecule has 0 radical (unpaired) electrons. The normalized spacial score (nSPS) is 16.8. The Morgan fingerprint density at radius 1 is 1.22 bits per heavy atom. The van der Waals surface area contributed by atoms with Gasteiger partial charge in [0, 0.05) is 22.4 Å². The van der Waals surface area contributed by atoms with Crippen LogP contribution in [-0.4, -0.2) is 24.2 Å². The Morgan fingerprint density at radius 3 is 2.65 bits per heavy atom. The molecule has 0 unspecified atom stereocenters. The molecule has 0 aliphatic carbocycles. The van der Waals surface area contributed by atoms with Gasteiger partial charge in [-0.25, -0.2) is 0 Å². The molecule has 1 aliphatic rings. The fraction of sp³-hybridized carbons (Fsp3) is 0.316. The van der Waals surface area contributed by atoms with Crippen LogP contribution >= 0.6 is 11.8 Å². The summed E-state index contributed by atoms with van der Waals surface area (Å²) in [6.45, 7) is 7.57. The summed E-state index contributed by atoms with van der Waals surface area (Å²) in [5.74, 6) is 0.0314. The number of nitrogens with one attached hydrogen (secondary N) is 1. The molecule has 4 heteroatoms. The van der Waals surface area contributed by atoms with Crippen molar-refractivity contribution >= 4 is 29.0 Å². The highest BCUT2D eigenvalue weighted by atomic mass is 32.2. The number of fused-ring (bicyclic) bond motifs is 1. The molecular formula is C19H22N2OS. The lowest BCUT2D eigenvalue weighted by atomic mass is 10.1. The van der Waals surface area contributed by atoms with Gasteiger partial charge >= 0.3 is 0 Å². The molecule has 23 heavy (non-hydrogen) atoms. The Hall–Kier alpha value is -1.94. The van der Waals surface area contributed by atoms with E-state index in [0.717, 1.165) is 29.0 Å². The fourth-order valence-corrected chi connectivity index (χ4v) is 4.21. The Bertz CT molecular complexity index is 709. The summed E-state index contributed by atoms with van der Waals surface area (Å²) >= 11 is 1.88. The molecule has 1 aliphatic heterocycles. The number of benzene rings is 2. The number of carbonyl (C=O) groups is 1. The molecule has 1 heterocycles. The lowest BCUT2D eigenvalue weighted by Crippen LogP contribution is -2.39. The highest BCUT2D eigenvalue weighted by molar-refractivity contribution is 8.00. The van der Waals surface area contributed by atoms with E-state index in [1.807, 2.05) is 43.8 Å². The summed E-state index contributed by atoms with van der Waals surface area (Å²) in [7, 11) is 0. The second-order valence-electron chi connectivity index (χ2n) is 6.20. The van der Waals surface area contributed by atoms with E-state index in [9.17, 15) is 4.79 Å². The lowest BCUT2D eigenvalue weighted by molar-refractivity contribution is -0.115. The van der Waals surface area contributed by atoms with E-state index in [0.29, 0.717) is 11.8 Å². The Kier molecular flexibility index (Phi) is 4.62. The molecule has 3 nitrogen and oxygen atoms in total. The standard InChI is InChI=1S/C19H22N2OS/c1-13-8-14(2)10-16(9-13)20-19(22)12-21-11-15(3)23-18-7-5-4-6-17(18)21/h4-10,15H,11-12H2,1-3H3,(H,20,22)/t15-/m0/s1. The van der Waals surface area contributed by atoms with Crippen LogP contribution in [0.3, 0.4) is 0 Å². The fourth-order valence-electron chi connectivity index (χ4n) is 3.05. The third kappa shape index (κ3) is 3.88. The third-order valence-electron chi connectivity index (χ3n) is 3.85. The SMILES string of the molecule is Cc1cc(C)cc(NC(=O)CN2C[C@H](C)Sc3ccccc32)c1. The summed E-state index contributed by atoms with van der Waals surface area (Å²) in [5, 5.41) is 3.51. The van der Waals surface area contributed by atoms with Gasteiger partial charge in [0.1, 0.15) is 0 Å². The minimum atomic E-state index is 0.0314. The van der Waals surface area contributed by atoms with Gasteiger partial charge in [0.25, 0.3) is 0 Å². The molecule has 1 amide bonds. The van der Waals surface area contributed by atoms with Crippen LogP contribution in [0.2, 0.25) is 0 Å². The third-order valence-corrected chi connectivity index (χ3v) is 5.00. The number of amides is 1. The summed E-state index contributed by atoms with van der Waals surface area (Å²) in [6, 6.07) is 14.4. The first-order valence-corrected chi connectivity index (χ1v) is 8.78. The van der Waals surface area contributed by atoms with Crippen LogP contribution in [0.4, 0.5) is 11.4 Å². The van der Waals surface area contributed by atoms with Gasteiger partial charge in [0.2, 0.25) is 5.91 Å². The van der Waals surface area contributed by atoms with Gasteiger partial charge in [-0.3, -0.25) is 4.79 Å². The molecule has 0 fully saturated rings. The zero-order valence-electron chi connectivity index (χ0n) is 13.8. The molecule has 3 rings (SSSR count). The van der Waals surface area contributed by atoms with Crippen LogP contribution in [0, 0.1) is 13.8 Å². The Balaban J connectivity index is 1.73. The quantitative estimate of drug-likeness (QED) is 0.915. The van der Waals surface area contributed by atoms with Gasteiger partial charge in [-0.15, -0.1) is 11.8 Å².